The number of amides is 1. The number of pyridine rings is 1. The lowest BCUT2D eigenvalue weighted by Gasteiger charge is -2.15. The number of alkyl halides is 3. The van der Waals surface area contributed by atoms with Gasteiger partial charge >= 0.3 is 6.18 Å². The molecule has 168 valence electrons. The number of benzene rings is 1. The van der Waals surface area contributed by atoms with Gasteiger partial charge in [-0.1, -0.05) is 23.2 Å². The maximum Gasteiger partial charge on any atom is 0.435 e. The number of rotatable bonds is 3. The number of furan rings is 1. The normalized spacial score (nSPS) is 12.9. The third-order valence-corrected chi connectivity index (χ3v) is 5.76. The van der Waals surface area contributed by atoms with Crippen molar-refractivity contribution in [1.82, 2.24) is 14.8 Å². The second-order valence-corrected chi connectivity index (χ2v) is 8.17. The minimum absolute atomic E-state index is 0.127. The maximum absolute atomic E-state index is 13.7. The molecule has 6 nitrogen and oxygen atoms in total. The topological polar surface area (TPSA) is 73.0 Å². The van der Waals surface area contributed by atoms with Crippen molar-refractivity contribution in [3.8, 4) is 16.9 Å². The van der Waals surface area contributed by atoms with Gasteiger partial charge in [0.1, 0.15) is 5.76 Å². The van der Waals surface area contributed by atoms with E-state index in [2.05, 4.69) is 15.4 Å². The van der Waals surface area contributed by atoms with Crippen LogP contribution in [0.2, 0.25) is 10.0 Å². The highest BCUT2D eigenvalue weighted by atomic mass is 35.5. The van der Waals surface area contributed by atoms with Crippen LogP contribution in [0.25, 0.3) is 16.9 Å². The number of carbonyl (C=O) groups is 1. The number of hydrogen-bond donors (Lipinski definition) is 1. The van der Waals surface area contributed by atoms with Gasteiger partial charge in [0.05, 0.1) is 27.7 Å². The van der Waals surface area contributed by atoms with Crippen molar-refractivity contribution in [2.75, 3.05) is 5.32 Å². The minimum Gasteiger partial charge on any atom is -0.469 e. The van der Waals surface area contributed by atoms with E-state index in [0.717, 1.165) is 0 Å². The smallest absolute Gasteiger partial charge is 0.435 e. The van der Waals surface area contributed by atoms with Gasteiger partial charge in [-0.3, -0.25) is 4.79 Å². The van der Waals surface area contributed by atoms with Gasteiger partial charge in [0.2, 0.25) is 0 Å². The lowest BCUT2D eigenvalue weighted by molar-refractivity contribution is -0.142. The largest absolute Gasteiger partial charge is 0.469 e. The molecule has 3 aromatic heterocycles. The van der Waals surface area contributed by atoms with Gasteiger partial charge in [0, 0.05) is 29.3 Å². The molecule has 0 radical (unpaired) electrons. The van der Waals surface area contributed by atoms with E-state index in [9.17, 15) is 18.0 Å². The Morgan fingerprint density at radius 2 is 1.88 bits per heavy atom. The predicted octanol–water partition coefficient (Wildman–Crippen LogP) is 6.20. The number of fused-ring (bicyclic) bond motifs is 3. The Morgan fingerprint density at radius 1 is 1.12 bits per heavy atom. The van der Waals surface area contributed by atoms with Crippen molar-refractivity contribution in [2.24, 2.45) is 0 Å². The minimum atomic E-state index is -4.60. The zero-order chi connectivity index (χ0) is 23.3. The molecule has 1 aliphatic rings. The Morgan fingerprint density at radius 3 is 2.58 bits per heavy atom. The second-order valence-electron chi connectivity index (χ2n) is 7.33. The molecule has 0 aliphatic heterocycles. The lowest BCUT2D eigenvalue weighted by Crippen LogP contribution is -2.13. The van der Waals surface area contributed by atoms with Crippen molar-refractivity contribution in [3.63, 3.8) is 0 Å². The highest BCUT2D eigenvalue weighted by Crippen LogP contribution is 2.42. The first kappa shape index (κ1) is 21.5. The number of hydrogen-bond acceptors (Lipinski definition) is 4. The van der Waals surface area contributed by atoms with Crippen molar-refractivity contribution >= 4 is 34.9 Å². The molecule has 11 heteroatoms. The third-order valence-electron chi connectivity index (χ3n) is 5.27. The molecular formula is C22H13Cl2F3N4O2. The fourth-order valence-corrected chi connectivity index (χ4v) is 4.23. The molecule has 0 bridgehead atoms. The molecule has 0 unspecified atom stereocenters. The van der Waals surface area contributed by atoms with Gasteiger partial charge in [0.25, 0.3) is 5.91 Å². The summed E-state index contributed by atoms with van der Waals surface area (Å²) >= 11 is 11.8. The molecule has 1 aromatic carbocycles. The summed E-state index contributed by atoms with van der Waals surface area (Å²) in [6.45, 7) is 0. The van der Waals surface area contributed by atoms with Crippen LogP contribution < -0.4 is 5.32 Å². The van der Waals surface area contributed by atoms with E-state index in [1.54, 1.807) is 6.07 Å². The molecule has 33 heavy (non-hydrogen) atoms. The first-order valence-electron chi connectivity index (χ1n) is 9.71. The average Bonchev–Trinajstić information content (AvgIpc) is 3.39. The van der Waals surface area contributed by atoms with Gasteiger partial charge in [-0.2, -0.15) is 18.3 Å². The zero-order valence-electron chi connectivity index (χ0n) is 16.6. The summed E-state index contributed by atoms with van der Waals surface area (Å²) in [4.78, 5) is 16.5. The number of anilines is 1. The number of nitrogens with zero attached hydrogens (tertiary/aromatic N) is 3. The highest BCUT2D eigenvalue weighted by molar-refractivity contribution is 6.36. The van der Waals surface area contributed by atoms with Crippen LogP contribution in [0.3, 0.4) is 0 Å². The van der Waals surface area contributed by atoms with Crippen LogP contribution in [0.1, 0.15) is 27.4 Å². The Labute approximate surface area is 194 Å². The summed E-state index contributed by atoms with van der Waals surface area (Å²) in [5.74, 6) is 0.258. The molecule has 3 heterocycles. The van der Waals surface area contributed by atoms with Crippen LogP contribution in [0.5, 0.6) is 0 Å². The molecule has 1 N–H and O–H groups in total. The second kappa shape index (κ2) is 7.93. The van der Waals surface area contributed by atoms with Gasteiger partial charge in [0.15, 0.2) is 11.5 Å². The Kier molecular flexibility index (Phi) is 5.18. The van der Waals surface area contributed by atoms with E-state index >= 15 is 0 Å². The van der Waals surface area contributed by atoms with Crippen LogP contribution in [0, 0.1) is 0 Å². The molecule has 1 aliphatic carbocycles. The Bertz CT molecular complexity index is 1380. The summed E-state index contributed by atoms with van der Waals surface area (Å²) in [6, 6.07) is 9.08. The van der Waals surface area contributed by atoms with E-state index in [-0.39, 0.29) is 28.4 Å². The van der Waals surface area contributed by atoms with Gasteiger partial charge in [-0.15, -0.1) is 0 Å². The number of aromatic nitrogens is 3. The molecule has 1 amide bonds. The van der Waals surface area contributed by atoms with E-state index < -0.39 is 17.8 Å². The molecule has 0 saturated heterocycles. The number of aryl methyl sites for hydroxylation is 1. The van der Waals surface area contributed by atoms with E-state index in [4.69, 9.17) is 27.6 Å². The fraction of sp³-hybridized carbons (Fsp3) is 0.136. The van der Waals surface area contributed by atoms with Crippen LogP contribution in [-0.4, -0.2) is 20.7 Å². The van der Waals surface area contributed by atoms with Gasteiger partial charge < -0.3 is 9.73 Å². The van der Waals surface area contributed by atoms with Crippen molar-refractivity contribution < 1.29 is 22.4 Å². The first-order chi connectivity index (χ1) is 15.7. The zero-order valence-corrected chi connectivity index (χ0v) is 18.1. The first-order valence-corrected chi connectivity index (χ1v) is 10.5. The molecule has 0 atom stereocenters. The molecule has 0 spiro atoms. The monoisotopic (exact) mass is 492 g/mol. The van der Waals surface area contributed by atoms with Crippen molar-refractivity contribution in [3.05, 3.63) is 81.5 Å². The maximum atomic E-state index is 13.7. The summed E-state index contributed by atoms with van der Waals surface area (Å²) in [6.07, 6.45) is -1.27. The van der Waals surface area contributed by atoms with Crippen LogP contribution >= 0.6 is 23.2 Å². The van der Waals surface area contributed by atoms with Crippen LogP contribution in [0.4, 0.5) is 19.0 Å². The molecule has 5 rings (SSSR count). The molecule has 0 fully saturated rings. The van der Waals surface area contributed by atoms with Crippen molar-refractivity contribution in [2.45, 2.75) is 19.0 Å². The summed E-state index contributed by atoms with van der Waals surface area (Å²) in [5.41, 5.74) is 0.745. The van der Waals surface area contributed by atoms with Gasteiger partial charge in [-0.25, -0.2) is 9.67 Å². The van der Waals surface area contributed by atoms with E-state index in [1.807, 2.05) is 0 Å². The molecule has 4 aromatic rings. The summed E-state index contributed by atoms with van der Waals surface area (Å²) in [5, 5.41) is 6.95. The number of halogens is 5. The van der Waals surface area contributed by atoms with E-state index in [0.29, 0.717) is 34.1 Å². The SMILES string of the molecule is O=C(Nc1ncc(Cl)cc1Cl)c1ccc(-n2nc(C(F)(F)F)c3c2-c2ccoc2CC3)cc1. The molecular weight excluding hydrogens is 480 g/mol. The quantitative estimate of drug-likeness (QED) is 0.369. The third kappa shape index (κ3) is 3.87. The van der Waals surface area contributed by atoms with Crippen LogP contribution in [-0.2, 0) is 19.0 Å². The van der Waals surface area contributed by atoms with Crippen LogP contribution in [0.15, 0.2) is 53.3 Å². The van der Waals surface area contributed by atoms with Crippen molar-refractivity contribution in [1.29, 1.82) is 0 Å². The number of nitrogens with one attached hydrogen (secondary N) is 1. The number of carbonyl (C=O) groups excluding carboxylic acids is 1. The summed E-state index contributed by atoms with van der Waals surface area (Å²) < 4.78 is 47.7. The summed E-state index contributed by atoms with van der Waals surface area (Å²) in [7, 11) is 0. The molecule has 0 saturated carbocycles. The highest BCUT2D eigenvalue weighted by Gasteiger charge is 2.41. The fourth-order valence-electron chi connectivity index (χ4n) is 3.80. The Balaban J connectivity index is 1.50. The predicted molar refractivity (Wildman–Crippen MR) is 116 cm³/mol. The van der Waals surface area contributed by atoms with E-state index in [1.165, 1.54) is 47.5 Å². The Hall–Kier alpha value is -3.30. The standard InChI is InChI=1S/C22H13Cl2F3N4O2/c23-12-9-16(24)20(28-10-12)29-21(32)11-1-3-13(4-2-11)31-18-14-7-8-33-17(14)6-5-15(18)19(30-31)22(25,26)27/h1-4,7-10H,5-6H2,(H,28,29,32). The van der Waals surface area contributed by atoms with Gasteiger partial charge in [-0.05, 0) is 42.8 Å². The lowest BCUT2D eigenvalue weighted by atomic mass is 9.94. The average molecular weight is 493 g/mol.